The second-order valence-electron chi connectivity index (χ2n) is 5.60. The molecule has 0 amide bonds. The first-order chi connectivity index (χ1) is 13.5. The van der Waals surface area contributed by atoms with Gasteiger partial charge in [0.15, 0.2) is 0 Å². The number of methoxy groups -OCH3 is 2. The van der Waals surface area contributed by atoms with E-state index in [2.05, 4.69) is 5.10 Å². The van der Waals surface area contributed by atoms with Gasteiger partial charge >= 0.3 is 17.6 Å². The van der Waals surface area contributed by atoms with Crippen LogP contribution in [0, 0.1) is 10.1 Å². The Morgan fingerprint density at radius 2 is 1.86 bits per heavy atom. The zero-order valence-electron chi connectivity index (χ0n) is 15.0. The van der Waals surface area contributed by atoms with Crippen molar-refractivity contribution in [1.29, 1.82) is 0 Å². The van der Waals surface area contributed by atoms with Gasteiger partial charge in [-0.15, -0.1) is 0 Å². The number of hydrogen-bond acceptors (Lipinski definition) is 9. The lowest BCUT2D eigenvalue weighted by atomic mass is 10.1. The van der Waals surface area contributed by atoms with Crippen LogP contribution >= 0.6 is 0 Å². The number of nitro groups is 1. The smallest absolute Gasteiger partial charge is 0.355 e. The van der Waals surface area contributed by atoms with Crippen molar-refractivity contribution in [3.63, 3.8) is 0 Å². The van der Waals surface area contributed by atoms with Crippen molar-refractivity contribution < 1.29 is 28.7 Å². The fraction of sp³-hybridized carbons (Fsp3) is 0.235. The van der Waals surface area contributed by atoms with E-state index in [1.807, 2.05) is 0 Å². The molecule has 0 N–H and O–H groups in total. The molecule has 0 radical (unpaired) electrons. The molecule has 1 aliphatic rings. The van der Waals surface area contributed by atoms with Gasteiger partial charge in [-0.05, 0) is 12.1 Å². The third-order valence-corrected chi connectivity index (χ3v) is 4.03. The van der Waals surface area contributed by atoms with Crippen LogP contribution in [0.25, 0.3) is 5.69 Å². The lowest BCUT2D eigenvalue weighted by molar-refractivity contribution is -0.384. The summed E-state index contributed by atoms with van der Waals surface area (Å²) < 4.78 is 16.3. The van der Waals surface area contributed by atoms with Crippen LogP contribution in [0.1, 0.15) is 0 Å². The van der Waals surface area contributed by atoms with Crippen LogP contribution in [0.3, 0.4) is 0 Å². The molecule has 2 aromatic rings. The Balaban J connectivity index is 2.15. The maximum atomic E-state index is 12.4. The molecule has 0 atom stereocenters. The molecule has 0 aliphatic carbocycles. The van der Waals surface area contributed by atoms with E-state index in [1.165, 1.54) is 30.0 Å². The predicted octanol–water partition coefficient (Wildman–Crippen LogP) is 1.17. The first-order valence-corrected chi connectivity index (χ1v) is 8.01. The van der Waals surface area contributed by atoms with Crippen molar-refractivity contribution in [2.75, 3.05) is 32.5 Å². The summed E-state index contributed by atoms with van der Waals surface area (Å²) in [5, 5.41) is 15.0. The van der Waals surface area contributed by atoms with Crippen molar-refractivity contribution in [3.8, 4) is 5.69 Å². The summed E-state index contributed by atoms with van der Waals surface area (Å²) in [6, 6.07) is 6.74. The van der Waals surface area contributed by atoms with Gasteiger partial charge in [0.25, 0.3) is 0 Å². The van der Waals surface area contributed by atoms with Gasteiger partial charge in [-0.2, -0.15) is 5.10 Å². The van der Waals surface area contributed by atoms with E-state index in [0.717, 1.165) is 6.20 Å². The summed E-state index contributed by atoms with van der Waals surface area (Å²) in [7, 11) is 2.39. The van der Waals surface area contributed by atoms with Gasteiger partial charge in [-0.25, -0.2) is 14.3 Å². The standard InChI is InChI=1S/C17H16N4O7/c1-26-16(22)12-9-28-10-19(15(12)17(23)27-2)13-5-3-4-6-14(13)20-8-11(7-18-20)21(24)25/h3-8H,9-10H2,1-2H3. The van der Waals surface area contributed by atoms with Crippen molar-refractivity contribution in [2.45, 2.75) is 0 Å². The third-order valence-electron chi connectivity index (χ3n) is 4.03. The van der Waals surface area contributed by atoms with Crippen molar-refractivity contribution >= 4 is 23.3 Å². The number of anilines is 1. The monoisotopic (exact) mass is 388 g/mol. The van der Waals surface area contributed by atoms with Gasteiger partial charge in [-0.3, -0.25) is 10.1 Å². The highest BCUT2D eigenvalue weighted by atomic mass is 16.6. The van der Waals surface area contributed by atoms with Crippen LogP contribution in [0.15, 0.2) is 47.9 Å². The second kappa shape index (κ2) is 7.88. The molecule has 0 saturated heterocycles. The molecule has 28 heavy (non-hydrogen) atoms. The zero-order valence-corrected chi connectivity index (χ0v) is 15.0. The third kappa shape index (κ3) is 3.42. The van der Waals surface area contributed by atoms with E-state index in [4.69, 9.17) is 14.2 Å². The highest BCUT2D eigenvalue weighted by Crippen LogP contribution is 2.31. The first-order valence-electron chi connectivity index (χ1n) is 8.01. The Hall–Kier alpha value is -3.73. The number of esters is 2. The SMILES string of the molecule is COC(=O)C1=C(C(=O)OC)N(c2ccccc2-n2cc([N+](=O)[O-])cn2)COC1. The molecular weight excluding hydrogens is 372 g/mol. The summed E-state index contributed by atoms with van der Waals surface area (Å²) in [5.74, 6) is -1.47. The lowest BCUT2D eigenvalue weighted by Crippen LogP contribution is -2.39. The number of hydrogen-bond donors (Lipinski definition) is 0. The molecular formula is C17H16N4O7. The Kier molecular flexibility index (Phi) is 5.36. The van der Waals surface area contributed by atoms with Crippen LogP contribution < -0.4 is 4.90 Å². The highest BCUT2D eigenvalue weighted by Gasteiger charge is 2.33. The van der Waals surface area contributed by atoms with Gasteiger partial charge in [0, 0.05) is 0 Å². The minimum atomic E-state index is -0.745. The van der Waals surface area contributed by atoms with E-state index in [0.29, 0.717) is 11.4 Å². The van der Waals surface area contributed by atoms with Crippen molar-refractivity contribution in [2.24, 2.45) is 0 Å². The van der Waals surface area contributed by atoms with Crippen LogP contribution in [0.4, 0.5) is 11.4 Å². The minimum Gasteiger partial charge on any atom is -0.466 e. The summed E-state index contributed by atoms with van der Waals surface area (Å²) in [4.78, 5) is 36.4. The number of ether oxygens (including phenoxy) is 3. The molecule has 1 aromatic carbocycles. The summed E-state index contributed by atoms with van der Waals surface area (Å²) in [6.45, 7) is -0.172. The summed E-state index contributed by atoms with van der Waals surface area (Å²) >= 11 is 0. The quantitative estimate of drug-likeness (QED) is 0.421. The molecule has 1 aliphatic heterocycles. The van der Waals surface area contributed by atoms with Crippen LogP contribution in [-0.2, 0) is 23.8 Å². The van der Waals surface area contributed by atoms with E-state index in [9.17, 15) is 19.7 Å². The molecule has 0 spiro atoms. The van der Waals surface area contributed by atoms with E-state index in [-0.39, 0.29) is 30.3 Å². The number of carbonyl (C=O) groups excluding carboxylic acids is 2. The number of carbonyl (C=O) groups is 2. The Labute approximate surface area is 158 Å². The van der Waals surface area contributed by atoms with Crippen LogP contribution in [-0.4, -0.2) is 54.2 Å². The van der Waals surface area contributed by atoms with E-state index in [1.54, 1.807) is 24.3 Å². The predicted molar refractivity (Wildman–Crippen MR) is 94.6 cm³/mol. The molecule has 0 unspecified atom stereocenters. The molecule has 11 nitrogen and oxygen atoms in total. The molecule has 11 heteroatoms. The number of aromatic nitrogens is 2. The topological polar surface area (TPSA) is 126 Å². The maximum Gasteiger partial charge on any atom is 0.355 e. The molecule has 0 bridgehead atoms. The average Bonchev–Trinajstić information content (AvgIpc) is 3.22. The van der Waals surface area contributed by atoms with Gasteiger partial charge < -0.3 is 19.1 Å². The molecule has 1 aromatic heterocycles. The lowest BCUT2D eigenvalue weighted by Gasteiger charge is -2.32. The second-order valence-corrected chi connectivity index (χ2v) is 5.60. The number of para-hydroxylation sites is 2. The van der Waals surface area contributed by atoms with Gasteiger partial charge in [0.2, 0.25) is 0 Å². The average molecular weight is 388 g/mol. The van der Waals surface area contributed by atoms with E-state index < -0.39 is 16.9 Å². The van der Waals surface area contributed by atoms with E-state index >= 15 is 0 Å². The Morgan fingerprint density at radius 1 is 1.18 bits per heavy atom. The van der Waals surface area contributed by atoms with Gasteiger partial charge in [0.1, 0.15) is 24.8 Å². The van der Waals surface area contributed by atoms with Crippen molar-refractivity contribution in [3.05, 3.63) is 58.0 Å². The normalized spacial score (nSPS) is 14.0. The van der Waals surface area contributed by atoms with Gasteiger partial charge in [0.05, 0.1) is 42.7 Å². The van der Waals surface area contributed by atoms with Crippen LogP contribution in [0.2, 0.25) is 0 Å². The molecule has 0 saturated carbocycles. The van der Waals surface area contributed by atoms with Crippen molar-refractivity contribution in [1.82, 2.24) is 9.78 Å². The molecule has 2 heterocycles. The number of benzene rings is 1. The number of nitrogens with zero attached hydrogens (tertiary/aromatic N) is 4. The highest BCUT2D eigenvalue weighted by molar-refractivity contribution is 6.03. The number of rotatable bonds is 5. The molecule has 0 fully saturated rings. The summed E-state index contributed by atoms with van der Waals surface area (Å²) in [6.07, 6.45) is 2.35. The Bertz CT molecular complexity index is 966. The fourth-order valence-corrected chi connectivity index (χ4v) is 2.76. The first kappa shape index (κ1) is 19.0. The minimum absolute atomic E-state index is 0.00171. The largest absolute Gasteiger partial charge is 0.466 e. The maximum absolute atomic E-state index is 12.4. The summed E-state index contributed by atoms with van der Waals surface area (Å²) in [5.41, 5.74) is 0.647. The zero-order chi connectivity index (χ0) is 20.3. The van der Waals surface area contributed by atoms with Crippen LogP contribution in [0.5, 0.6) is 0 Å². The fourth-order valence-electron chi connectivity index (χ4n) is 2.76. The molecule has 3 rings (SSSR count). The molecule has 146 valence electrons. The Morgan fingerprint density at radius 3 is 2.46 bits per heavy atom. The van der Waals surface area contributed by atoms with Gasteiger partial charge in [-0.1, -0.05) is 12.1 Å².